The van der Waals surface area contributed by atoms with Crippen LogP contribution in [0.4, 0.5) is 0 Å². The standard InChI is InChI=1S/C18H20ClN3OS/c19-13-8-9-15-16(12-13)21-18(24-11-5-4-10-20)22(17(15)23)14-6-2-1-3-7-14/h8-9,12,14H,1-7,11H2. The minimum absolute atomic E-state index is 0.0337. The van der Waals surface area contributed by atoms with Gasteiger partial charge in [0.15, 0.2) is 5.16 Å². The highest BCUT2D eigenvalue weighted by molar-refractivity contribution is 7.99. The van der Waals surface area contributed by atoms with Gasteiger partial charge < -0.3 is 0 Å². The van der Waals surface area contributed by atoms with Crippen molar-refractivity contribution in [3.05, 3.63) is 33.6 Å². The second kappa shape index (κ2) is 8.04. The number of fused-ring (bicyclic) bond motifs is 1. The van der Waals surface area contributed by atoms with Gasteiger partial charge in [0.1, 0.15) is 0 Å². The maximum atomic E-state index is 13.1. The quantitative estimate of drug-likeness (QED) is 0.429. The van der Waals surface area contributed by atoms with Crippen LogP contribution in [0.5, 0.6) is 0 Å². The SMILES string of the molecule is N#CCCCSc1nc2cc(Cl)ccc2c(=O)n1C1CCCCC1. The van der Waals surface area contributed by atoms with Gasteiger partial charge in [-0.2, -0.15) is 5.26 Å². The van der Waals surface area contributed by atoms with Crippen molar-refractivity contribution in [2.45, 2.75) is 56.1 Å². The van der Waals surface area contributed by atoms with Gasteiger partial charge >= 0.3 is 0 Å². The van der Waals surface area contributed by atoms with E-state index in [-0.39, 0.29) is 11.6 Å². The summed E-state index contributed by atoms with van der Waals surface area (Å²) >= 11 is 7.64. The number of unbranched alkanes of at least 4 members (excludes halogenated alkanes) is 1. The molecule has 0 N–H and O–H groups in total. The van der Waals surface area contributed by atoms with Crippen LogP contribution < -0.4 is 5.56 Å². The molecule has 3 rings (SSSR count). The third kappa shape index (κ3) is 3.76. The molecule has 1 aliphatic carbocycles. The fourth-order valence-corrected chi connectivity index (χ4v) is 4.40. The Bertz CT molecular complexity index is 821. The van der Waals surface area contributed by atoms with Gasteiger partial charge in [-0.25, -0.2) is 4.98 Å². The monoisotopic (exact) mass is 361 g/mol. The summed E-state index contributed by atoms with van der Waals surface area (Å²) in [6, 6.07) is 7.67. The topological polar surface area (TPSA) is 58.7 Å². The number of nitriles is 1. The zero-order valence-corrected chi connectivity index (χ0v) is 15.1. The van der Waals surface area contributed by atoms with Crippen LogP contribution in [0, 0.1) is 11.3 Å². The average molecular weight is 362 g/mol. The largest absolute Gasteiger partial charge is 0.284 e. The molecule has 4 nitrogen and oxygen atoms in total. The molecule has 0 bridgehead atoms. The molecule has 6 heteroatoms. The van der Waals surface area contributed by atoms with Crippen LogP contribution in [-0.4, -0.2) is 15.3 Å². The van der Waals surface area contributed by atoms with E-state index in [1.807, 2.05) is 4.57 Å². The lowest BCUT2D eigenvalue weighted by atomic mass is 9.95. The molecule has 1 aromatic carbocycles. The van der Waals surface area contributed by atoms with Gasteiger partial charge in [-0.3, -0.25) is 9.36 Å². The Hall–Kier alpha value is -1.51. The first-order valence-electron chi connectivity index (χ1n) is 8.42. The van der Waals surface area contributed by atoms with E-state index in [4.69, 9.17) is 21.8 Å². The van der Waals surface area contributed by atoms with Crippen molar-refractivity contribution >= 4 is 34.3 Å². The van der Waals surface area contributed by atoms with Crippen molar-refractivity contribution in [3.63, 3.8) is 0 Å². The molecule has 0 unspecified atom stereocenters. The van der Waals surface area contributed by atoms with Crippen molar-refractivity contribution in [1.29, 1.82) is 5.26 Å². The molecule has 0 radical (unpaired) electrons. The Morgan fingerprint density at radius 2 is 2.12 bits per heavy atom. The summed E-state index contributed by atoms with van der Waals surface area (Å²) < 4.78 is 1.90. The van der Waals surface area contributed by atoms with E-state index in [1.165, 1.54) is 6.42 Å². The Morgan fingerprint density at radius 1 is 1.33 bits per heavy atom. The molecule has 1 aromatic heterocycles. The van der Waals surface area contributed by atoms with E-state index in [9.17, 15) is 4.79 Å². The molecule has 0 amide bonds. The summed E-state index contributed by atoms with van der Waals surface area (Å²) in [5.74, 6) is 0.790. The normalized spacial score (nSPS) is 15.5. The minimum atomic E-state index is 0.0337. The Kier molecular flexibility index (Phi) is 5.80. The zero-order valence-electron chi connectivity index (χ0n) is 13.5. The number of aromatic nitrogens is 2. The molecule has 1 saturated carbocycles. The van der Waals surface area contributed by atoms with Gasteiger partial charge in [-0.1, -0.05) is 42.6 Å². The molecule has 24 heavy (non-hydrogen) atoms. The smallest absolute Gasteiger partial charge is 0.262 e. The first kappa shape index (κ1) is 17.3. The zero-order chi connectivity index (χ0) is 16.9. The molecular formula is C18H20ClN3OS. The predicted octanol–water partition coefficient (Wildman–Crippen LogP) is 4.95. The summed E-state index contributed by atoms with van der Waals surface area (Å²) in [5.41, 5.74) is 0.689. The molecule has 0 atom stereocenters. The highest BCUT2D eigenvalue weighted by atomic mass is 35.5. The molecule has 0 aliphatic heterocycles. The second-order valence-corrected chi connectivity index (χ2v) is 7.63. The number of nitrogens with zero attached hydrogens (tertiary/aromatic N) is 3. The lowest BCUT2D eigenvalue weighted by Gasteiger charge is -2.26. The van der Waals surface area contributed by atoms with Crippen LogP contribution in [0.1, 0.15) is 51.0 Å². The number of rotatable bonds is 5. The third-order valence-corrected chi connectivity index (χ3v) is 5.71. The average Bonchev–Trinajstić information content (AvgIpc) is 2.59. The van der Waals surface area contributed by atoms with E-state index < -0.39 is 0 Å². The van der Waals surface area contributed by atoms with Crippen LogP contribution in [0.2, 0.25) is 5.02 Å². The van der Waals surface area contributed by atoms with Crippen molar-refractivity contribution in [3.8, 4) is 6.07 Å². The molecule has 1 fully saturated rings. The maximum absolute atomic E-state index is 13.1. The number of hydrogen-bond donors (Lipinski definition) is 0. The fraction of sp³-hybridized carbons (Fsp3) is 0.500. The second-order valence-electron chi connectivity index (χ2n) is 6.13. The van der Waals surface area contributed by atoms with E-state index in [1.54, 1.807) is 30.0 Å². The lowest BCUT2D eigenvalue weighted by Crippen LogP contribution is -2.29. The summed E-state index contributed by atoms with van der Waals surface area (Å²) in [5, 5.41) is 10.7. The highest BCUT2D eigenvalue weighted by Crippen LogP contribution is 2.31. The van der Waals surface area contributed by atoms with Crippen LogP contribution in [0.3, 0.4) is 0 Å². The minimum Gasteiger partial charge on any atom is -0.284 e. The molecule has 0 spiro atoms. The molecule has 1 aliphatic rings. The van der Waals surface area contributed by atoms with Gasteiger partial charge in [-0.15, -0.1) is 0 Å². The Labute approximate surface area is 150 Å². The maximum Gasteiger partial charge on any atom is 0.262 e. The lowest BCUT2D eigenvalue weighted by molar-refractivity contribution is 0.326. The van der Waals surface area contributed by atoms with E-state index in [0.29, 0.717) is 22.3 Å². The molecule has 0 saturated heterocycles. The fourth-order valence-electron chi connectivity index (χ4n) is 3.23. The molecule has 1 heterocycles. The highest BCUT2D eigenvalue weighted by Gasteiger charge is 2.21. The van der Waals surface area contributed by atoms with Crippen molar-refractivity contribution < 1.29 is 0 Å². The Balaban J connectivity index is 2.03. The van der Waals surface area contributed by atoms with Crippen LogP contribution in [0.15, 0.2) is 28.2 Å². The summed E-state index contributed by atoms with van der Waals surface area (Å²) in [7, 11) is 0. The van der Waals surface area contributed by atoms with E-state index in [2.05, 4.69) is 6.07 Å². The van der Waals surface area contributed by atoms with Crippen molar-refractivity contribution in [2.24, 2.45) is 0 Å². The van der Waals surface area contributed by atoms with Crippen LogP contribution >= 0.6 is 23.4 Å². The van der Waals surface area contributed by atoms with Gasteiger partial charge in [0.05, 0.1) is 17.0 Å². The molecule has 2 aromatic rings. The van der Waals surface area contributed by atoms with Gasteiger partial charge in [0, 0.05) is 23.2 Å². The van der Waals surface area contributed by atoms with Gasteiger partial charge in [0.25, 0.3) is 5.56 Å². The van der Waals surface area contributed by atoms with Crippen molar-refractivity contribution in [2.75, 3.05) is 5.75 Å². The Morgan fingerprint density at radius 3 is 2.88 bits per heavy atom. The first-order chi connectivity index (χ1) is 11.7. The number of benzene rings is 1. The molecular weight excluding hydrogens is 342 g/mol. The summed E-state index contributed by atoms with van der Waals surface area (Å²) in [4.78, 5) is 17.8. The van der Waals surface area contributed by atoms with Crippen LogP contribution in [-0.2, 0) is 0 Å². The number of thioether (sulfide) groups is 1. The molecule has 126 valence electrons. The third-order valence-electron chi connectivity index (χ3n) is 4.44. The predicted molar refractivity (Wildman–Crippen MR) is 98.7 cm³/mol. The van der Waals surface area contributed by atoms with Gasteiger partial charge in [0.2, 0.25) is 0 Å². The van der Waals surface area contributed by atoms with E-state index in [0.717, 1.165) is 43.0 Å². The summed E-state index contributed by atoms with van der Waals surface area (Å²) in [6.07, 6.45) is 6.96. The van der Waals surface area contributed by atoms with Crippen molar-refractivity contribution in [1.82, 2.24) is 9.55 Å². The number of halogens is 1. The van der Waals surface area contributed by atoms with Gasteiger partial charge in [-0.05, 0) is 37.5 Å². The van der Waals surface area contributed by atoms with E-state index >= 15 is 0 Å². The van der Waals surface area contributed by atoms with Crippen LogP contribution in [0.25, 0.3) is 10.9 Å². The summed E-state index contributed by atoms with van der Waals surface area (Å²) in [6.45, 7) is 0. The first-order valence-corrected chi connectivity index (χ1v) is 9.78. The number of hydrogen-bond acceptors (Lipinski definition) is 4.